The number of aromatic nitrogens is 2. The molecule has 0 atom stereocenters. The molecule has 5 heteroatoms. The lowest BCUT2D eigenvalue weighted by molar-refractivity contribution is -0.693. The summed E-state index contributed by atoms with van der Waals surface area (Å²) < 4.78 is 2.00. The number of nitrogens with zero attached hydrogens (tertiary/aromatic N) is 1. The average Bonchev–Trinajstić information content (AvgIpc) is 2.19. The van der Waals surface area contributed by atoms with Crippen molar-refractivity contribution in [1.82, 2.24) is 4.98 Å². The Hall–Kier alpha value is -0.250. The first-order chi connectivity index (χ1) is 3.93. The smallest absolute Gasteiger partial charge is 0.241 e. The molecule has 3 N–H and O–H groups in total. The lowest BCUT2D eigenvalue weighted by Gasteiger charge is -1.85. The van der Waals surface area contributed by atoms with Crippen molar-refractivity contribution in [3.63, 3.8) is 0 Å². The molecule has 0 amide bonds. The van der Waals surface area contributed by atoms with Crippen LogP contribution in [0.15, 0.2) is 18.7 Å². The molecule has 0 aliphatic rings. The zero-order chi connectivity index (χ0) is 5.82. The van der Waals surface area contributed by atoms with Gasteiger partial charge in [0.2, 0.25) is 6.33 Å². The third kappa shape index (κ3) is 3.71. The van der Waals surface area contributed by atoms with Crippen molar-refractivity contribution >= 4 is 24.8 Å². The van der Waals surface area contributed by atoms with Gasteiger partial charge < -0.3 is 5.73 Å². The van der Waals surface area contributed by atoms with Gasteiger partial charge in [-0.3, -0.25) is 4.98 Å². The molecule has 0 spiro atoms. The van der Waals surface area contributed by atoms with E-state index in [4.69, 9.17) is 5.73 Å². The molecule has 0 aliphatic heterocycles. The zero-order valence-corrected chi connectivity index (χ0v) is 7.12. The van der Waals surface area contributed by atoms with Gasteiger partial charge in [-0.25, -0.2) is 4.57 Å². The minimum atomic E-state index is 0. The molecule has 0 saturated carbocycles. The van der Waals surface area contributed by atoms with Crippen molar-refractivity contribution < 1.29 is 4.57 Å². The Labute approximate surface area is 72.4 Å². The Kier molecular flexibility index (Phi) is 8.53. The van der Waals surface area contributed by atoms with Gasteiger partial charge in [-0.05, 0) is 0 Å². The molecule has 0 radical (unpaired) electrons. The summed E-state index contributed by atoms with van der Waals surface area (Å²) in [5.41, 5.74) is 5.28. The van der Waals surface area contributed by atoms with Gasteiger partial charge >= 0.3 is 0 Å². The minimum Gasteiger partial charge on any atom is -0.327 e. The predicted molar refractivity (Wildman–Crippen MR) is 44.5 cm³/mol. The molecule has 3 nitrogen and oxygen atoms in total. The quantitative estimate of drug-likeness (QED) is 0.631. The van der Waals surface area contributed by atoms with Crippen molar-refractivity contribution in [1.29, 1.82) is 0 Å². The maximum atomic E-state index is 5.28. The number of nitrogens with one attached hydrogen (secondary N) is 1. The Bertz CT molecular complexity index is 141. The van der Waals surface area contributed by atoms with Gasteiger partial charge in [-0.2, -0.15) is 0 Å². The van der Waals surface area contributed by atoms with Crippen LogP contribution in [-0.4, -0.2) is 11.5 Å². The summed E-state index contributed by atoms with van der Waals surface area (Å²) in [6.07, 6.45) is 5.70. The van der Waals surface area contributed by atoms with Crippen LogP contribution in [-0.2, 0) is 6.54 Å². The molecule has 0 fully saturated rings. The molecule has 1 heterocycles. The summed E-state index contributed by atoms with van der Waals surface area (Å²) in [6, 6.07) is 0. The molecular formula is C5H12Cl2N3+. The Morgan fingerprint density at radius 2 is 2.10 bits per heavy atom. The Morgan fingerprint density at radius 3 is 2.50 bits per heavy atom. The molecule has 0 aliphatic carbocycles. The molecule has 1 rings (SSSR count). The van der Waals surface area contributed by atoms with E-state index in [1.807, 2.05) is 23.3 Å². The van der Waals surface area contributed by atoms with Gasteiger partial charge in [0.05, 0.1) is 0 Å². The van der Waals surface area contributed by atoms with Crippen molar-refractivity contribution in [3.05, 3.63) is 18.7 Å². The average molecular weight is 185 g/mol. The van der Waals surface area contributed by atoms with Gasteiger partial charge in [0.25, 0.3) is 0 Å². The van der Waals surface area contributed by atoms with E-state index < -0.39 is 0 Å². The summed E-state index contributed by atoms with van der Waals surface area (Å²) in [6.45, 7) is 1.59. The van der Waals surface area contributed by atoms with Crippen LogP contribution in [0.25, 0.3) is 0 Å². The van der Waals surface area contributed by atoms with E-state index >= 15 is 0 Å². The largest absolute Gasteiger partial charge is 0.327 e. The molecule has 0 bridgehead atoms. The van der Waals surface area contributed by atoms with Gasteiger partial charge in [-0.15, -0.1) is 24.8 Å². The van der Waals surface area contributed by atoms with Gasteiger partial charge in [0.1, 0.15) is 18.9 Å². The maximum absolute atomic E-state index is 5.28. The second kappa shape index (κ2) is 6.86. The standard InChI is InChI=1S/C5H9N3.2ClH/c6-1-3-8-4-2-7-5-8;;/h2,4-5H,1,3,6H2;2*1H/p+1. The van der Waals surface area contributed by atoms with Crippen LogP contribution in [0.5, 0.6) is 0 Å². The minimum absolute atomic E-state index is 0. The fourth-order valence-electron chi connectivity index (χ4n) is 0.609. The van der Waals surface area contributed by atoms with Crippen molar-refractivity contribution in [2.24, 2.45) is 5.73 Å². The third-order valence-corrected chi connectivity index (χ3v) is 0.990. The topological polar surface area (TPSA) is 45.7 Å². The number of hydrogen-bond donors (Lipinski definition) is 2. The zero-order valence-electron chi connectivity index (χ0n) is 5.49. The number of halogens is 2. The Morgan fingerprint density at radius 1 is 1.40 bits per heavy atom. The van der Waals surface area contributed by atoms with Gasteiger partial charge in [0.15, 0.2) is 0 Å². The highest BCUT2D eigenvalue weighted by atomic mass is 35.5. The number of hydrogen-bond acceptors (Lipinski definition) is 1. The van der Waals surface area contributed by atoms with Crippen LogP contribution in [0.4, 0.5) is 0 Å². The predicted octanol–water partition coefficient (Wildman–Crippen LogP) is 0.104. The van der Waals surface area contributed by atoms with E-state index in [1.165, 1.54) is 0 Å². The SMILES string of the molecule is Cl.Cl.NCC[n+]1cc[nH]c1. The van der Waals surface area contributed by atoms with Crippen molar-refractivity contribution in [2.45, 2.75) is 6.54 Å². The van der Waals surface area contributed by atoms with E-state index in [1.54, 1.807) is 0 Å². The van der Waals surface area contributed by atoms with Crippen LogP contribution < -0.4 is 10.3 Å². The molecule has 1 aromatic heterocycles. The van der Waals surface area contributed by atoms with Crippen molar-refractivity contribution in [2.75, 3.05) is 6.54 Å². The van der Waals surface area contributed by atoms with Crippen LogP contribution in [0.3, 0.4) is 0 Å². The maximum Gasteiger partial charge on any atom is 0.241 e. The van der Waals surface area contributed by atoms with E-state index in [9.17, 15) is 0 Å². The summed E-state index contributed by atoms with van der Waals surface area (Å²) in [5, 5.41) is 0. The first-order valence-corrected chi connectivity index (χ1v) is 2.65. The van der Waals surface area contributed by atoms with Crippen LogP contribution in [0.2, 0.25) is 0 Å². The molecule has 10 heavy (non-hydrogen) atoms. The fraction of sp³-hybridized carbons (Fsp3) is 0.400. The number of rotatable bonds is 2. The molecule has 0 aromatic carbocycles. The van der Waals surface area contributed by atoms with E-state index in [2.05, 4.69) is 4.98 Å². The van der Waals surface area contributed by atoms with Crippen molar-refractivity contribution in [3.8, 4) is 0 Å². The molecule has 0 saturated heterocycles. The summed E-state index contributed by atoms with van der Waals surface area (Å²) >= 11 is 0. The number of nitrogens with two attached hydrogens (primary N) is 1. The normalized spacial score (nSPS) is 7.70. The Balaban J connectivity index is 0. The first kappa shape index (κ1) is 12.4. The summed E-state index contributed by atoms with van der Waals surface area (Å²) in [5.74, 6) is 0. The van der Waals surface area contributed by atoms with E-state index in [0.717, 1.165) is 6.54 Å². The molecule has 60 valence electrons. The van der Waals surface area contributed by atoms with Crippen LogP contribution >= 0.6 is 24.8 Å². The van der Waals surface area contributed by atoms with Crippen LogP contribution in [0.1, 0.15) is 0 Å². The van der Waals surface area contributed by atoms with E-state index in [0.29, 0.717) is 6.54 Å². The van der Waals surface area contributed by atoms with Gasteiger partial charge in [-0.1, -0.05) is 0 Å². The molecule has 1 aromatic rings. The highest BCUT2D eigenvalue weighted by molar-refractivity contribution is 5.85. The third-order valence-electron chi connectivity index (χ3n) is 0.990. The monoisotopic (exact) mass is 184 g/mol. The second-order valence-corrected chi connectivity index (χ2v) is 1.64. The highest BCUT2D eigenvalue weighted by Crippen LogP contribution is 1.65. The molecule has 0 unspecified atom stereocenters. The highest BCUT2D eigenvalue weighted by Gasteiger charge is 1.89. The van der Waals surface area contributed by atoms with Crippen LogP contribution in [0, 0.1) is 0 Å². The summed E-state index contributed by atoms with van der Waals surface area (Å²) in [4.78, 5) is 2.92. The molecular weight excluding hydrogens is 173 g/mol. The summed E-state index contributed by atoms with van der Waals surface area (Å²) in [7, 11) is 0. The number of imidazole rings is 1. The number of H-pyrrole nitrogens is 1. The number of aromatic amines is 1. The lowest BCUT2D eigenvalue weighted by Crippen LogP contribution is -2.34. The lowest BCUT2D eigenvalue weighted by atomic mass is 10.6. The first-order valence-electron chi connectivity index (χ1n) is 2.65. The second-order valence-electron chi connectivity index (χ2n) is 1.64. The van der Waals surface area contributed by atoms with E-state index in [-0.39, 0.29) is 24.8 Å². The van der Waals surface area contributed by atoms with Gasteiger partial charge in [0, 0.05) is 6.54 Å². The fourth-order valence-corrected chi connectivity index (χ4v) is 0.609.